The summed E-state index contributed by atoms with van der Waals surface area (Å²) in [7, 11) is 0. The zero-order valence-corrected chi connectivity index (χ0v) is 20.5. The van der Waals surface area contributed by atoms with E-state index in [2.05, 4.69) is 49.5 Å². The Labute approximate surface area is 210 Å². The summed E-state index contributed by atoms with van der Waals surface area (Å²) in [6.45, 7) is 3.36. The van der Waals surface area contributed by atoms with Gasteiger partial charge in [-0.15, -0.1) is 24.8 Å². The van der Waals surface area contributed by atoms with Gasteiger partial charge in [-0.3, -0.25) is 14.8 Å². The lowest BCUT2D eigenvalue weighted by Crippen LogP contribution is -2.53. The molecule has 8 nitrogen and oxygen atoms in total. The lowest BCUT2D eigenvalue weighted by Gasteiger charge is -2.47. The number of nitrogens with one attached hydrogen (secondary N) is 2. The van der Waals surface area contributed by atoms with Gasteiger partial charge in [0, 0.05) is 49.8 Å². The molecule has 3 aromatic rings. The van der Waals surface area contributed by atoms with Crippen LogP contribution in [0.1, 0.15) is 36.1 Å². The minimum Gasteiger partial charge on any atom is -0.378 e. The summed E-state index contributed by atoms with van der Waals surface area (Å²) in [5.41, 5.74) is 3.12. The Hall–Kier alpha value is -2.39. The molecule has 3 atom stereocenters. The van der Waals surface area contributed by atoms with Crippen molar-refractivity contribution in [1.29, 1.82) is 0 Å². The number of aromatic amines is 1. The lowest BCUT2D eigenvalue weighted by molar-refractivity contribution is -0.0898. The molecule has 0 spiro atoms. The third kappa shape index (κ3) is 4.73. The molecule has 1 aliphatic carbocycles. The summed E-state index contributed by atoms with van der Waals surface area (Å²) in [6, 6.07) is 12.7. The van der Waals surface area contributed by atoms with Crippen LogP contribution >= 0.6 is 24.8 Å². The normalized spacial score (nSPS) is 23.5. The van der Waals surface area contributed by atoms with E-state index < -0.39 is 0 Å². The van der Waals surface area contributed by atoms with Crippen molar-refractivity contribution in [3.05, 3.63) is 69.9 Å². The number of aromatic nitrogens is 4. The number of anilines is 1. The Morgan fingerprint density at radius 1 is 1.18 bits per heavy atom. The number of hydrogen-bond acceptors (Lipinski definition) is 6. The summed E-state index contributed by atoms with van der Waals surface area (Å²) in [4.78, 5) is 24.2. The van der Waals surface area contributed by atoms with E-state index in [0.29, 0.717) is 23.9 Å². The number of benzene rings is 1. The first kappa shape index (κ1) is 24.7. The highest BCUT2D eigenvalue weighted by atomic mass is 35.5. The van der Waals surface area contributed by atoms with Crippen LogP contribution in [0.2, 0.25) is 0 Å². The van der Waals surface area contributed by atoms with Gasteiger partial charge < -0.3 is 10.1 Å². The molecule has 2 aliphatic heterocycles. The van der Waals surface area contributed by atoms with Crippen LogP contribution in [0.5, 0.6) is 0 Å². The molecule has 3 aliphatic rings. The molecule has 1 saturated heterocycles. The first-order chi connectivity index (χ1) is 15.7. The van der Waals surface area contributed by atoms with E-state index in [1.807, 2.05) is 12.1 Å². The van der Waals surface area contributed by atoms with Crippen LogP contribution in [0.15, 0.2) is 47.5 Å². The van der Waals surface area contributed by atoms with E-state index in [4.69, 9.17) is 4.74 Å². The topological polar surface area (TPSA) is 88.1 Å². The van der Waals surface area contributed by atoms with Gasteiger partial charge in [-0.2, -0.15) is 0 Å². The second-order valence-electron chi connectivity index (χ2n) is 9.12. The third-order valence-electron chi connectivity index (χ3n) is 7.09. The fourth-order valence-corrected chi connectivity index (χ4v) is 5.32. The minimum absolute atomic E-state index is 0. The number of H-pyrrole nitrogens is 1. The lowest BCUT2D eigenvalue weighted by atomic mass is 9.72. The summed E-state index contributed by atoms with van der Waals surface area (Å²) in [6.07, 6.45) is 5.99. The van der Waals surface area contributed by atoms with Crippen LogP contribution in [0.25, 0.3) is 5.82 Å². The average molecular weight is 505 g/mol. The van der Waals surface area contributed by atoms with Crippen molar-refractivity contribution >= 4 is 30.6 Å². The van der Waals surface area contributed by atoms with Crippen LogP contribution in [0, 0.1) is 5.92 Å². The van der Waals surface area contributed by atoms with Crippen molar-refractivity contribution in [2.75, 3.05) is 18.5 Å². The van der Waals surface area contributed by atoms with Crippen LogP contribution in [0.3, 0.4) is 0 Å². The fraction of sp³-hybridized carbons (Fsp3) is 0.458. The number of halogens is 2. The molecule has 0 radical (unpaired) electrons. The molecule has 1 saturated carbocycles. The second-order valence-corrected chi connectivity index (χ2v) is 9.12. The maximum atomic E-state index is 13.1. The van der Waals surface area contributed by atoms with E-state index >= 15 is 0 Å². The van der Waals surface area contributed by atoms with Crippen LogP contribution in [-0.4, -0.2) is 49.9 Å². The Morgan fingerprint density at radius 3 is 2.85 bits per heavy atom. The van der Waals surface area contributed by atoms with Crippen molar-refractivity contribution < 1.29 is 4.74 Å². The maximum Gasteiger partial charge on any atom is 0.276 e. The van der Waals surface area contributed by atoms with Gasteiger partial charge in [0.1, 0.15) is 12.1 Å². The Balaban J connectivity index is 0.00000137. The van der Waals surface area contributed by atoms with Gasteiger partial charge in [-0.05, 0) is 31.2 Å². The third-order valence-corrected chi connectivity index (χ3v) is 7.09. The Kier molecular flexibility index (Phi) is 7.62. The van der Waals surface area contributed by atoms with E-state index in [9.17, 15) is 4.79 Å². The van der Waals surface area contributed by atoms with Gasteiger partial charge in [-0.1, -0.05) is 30.3 Å². The van der Waals surface area contributed by atoms with Gasteiger partial charge in [-0.25, -0.2) is 14.6 Å². The van der Waals surface area contributed by atoms with Crippen LogP contribution in [0.4, 0.5) is 5.82 Å². The van der Waals surface area contributed by atoms with Gasteiger partial charge in [0.25, 0.3) is 5.56 Å². The van der Waals surface area contributed by atoms with Crippen molar-refractivity contribution in [1.82, 2.24) is 24.6 Å². The largest absolute Gasteiger partial charge is 0.378 e. The Bertz CT molecular complexity index is 1170. The molecule has 0 amide bonds. The molecule has 4 heterocycles. The highest BCUT2D eigenvalue weighted by Crippen LogP contribution is 2.39. The first-order valence-corrected chi connectivity index (χ1v) is 11.5. The second kappa shape index (κ2) is 10.5. The summed E-state index contributed by atoms with van der Waals surface area (Å²) in [5, 5.41) is 6.85. The molecule has 2 fully saturated rings. The number of ether oxygens (including phenoxy) is 1. The standard InChI is InChI=1S/C24H28N6O2.2ClH/c31-24-18-8-9-29(13-16-5-2-1-3-6-16)14-20(18)28-30(24)23-12-22(25-15-26-23)27-19-11-21-17(19)7-4-10-32-21;;/h1-3,5-6,12,15,17,19,21,28H,4,7-11,13-14H2,(H,25,26,27);2*1H. The summed E-state index contributed by atoms with van der Waals surface area (Å²) >= 11 is 0. The molecule has 182 valence electrons. The van der Waals surface area contributed by atoms with Crippen molar-refractivity contribution in [3.8, 4) is 5.82 Å². The van der Waals surface area contributed by atoms with E-state index in [1.165, 1.54) is 18.3 Å². The van der Waals surface area contributed by atoms with Crippen LogP contribution < -0.4 is 10.9 Å². The van der Waals surface area contributed by atoms with Gasteiger partial charge in [0.15, 0.2) is 5.82 Å². The molecule has 2 N–H and O–H groups in total. The van der Waals surface area contributed by atoms with E-state index in [0.717, 1.165) is 62.6 Å². The fourth-order valence-electron chi connectivity index (χ4n) is 5.32. The number of nitrogens with zero attached hydrogens (tertiary/aromatic N) is 4. The van der Waals surface area contributed by atoms with Gasteiger partial charge in [0.05, 0.1) is 11.8 Å². The molecule has 0 bridgehead atoms. The number of hydrogen-bond donors (Lipinski definition) is 2. The zero-order chi connectivity index (χ0) is 21.5. The zero-order valence-electron chi connectivity index (χ0n) is 18.9. The van der Waals surface area contributed by atoms with E-state index in [-0.39, 0.29) is 30.4 Å². The highest BCUT2D eigenvalue weighted by molar-refractivity contribution is 5.85. The predicted molar refractivity (Wildman–Crippen MR) is 135 cm³/mol. The highest BCUT2D eigenvalue weighted by Gasteiger charge is 2.43. The molecule has 2 aromatic heterocycles. The van der Waals surface area contributed by atoms with Crippen LogP contribution in [-0.2, 0) is 24.2 Å². The smallest absolute Gasteiger partial charge is 0.276 e. The molecule has 3 unspecified atom stereocenters. The molecular weight excluding hydrogens is 475 g/mol. The molecule has 6 rings (SSSR count). The molecule has 1 aromatic carbocycles. The number of rotatable bonds is 5. The minimum atomic E-state index is -0.00611. The molecule has 34 heavy (non-hydrogen) atoms. The van der Waals surface area contributed by atoms with Gasteiger partial charge in [0.2, 0.25) is 0 Å². The SMILES string of the molecule is Cl.Cl.O=c1c2c([nH]n1-c1cc(NC3CC4OCCCC34)ncn1)CN(Cc1ccccc1)CC2. The predicted octanol–water partition coefficient (Wildman–Crippen LogP) is 3.34. The maximum absolute atomic E-state index is 13.1. The first-order valence-electron chi connectivity index (χ1n) is 11.5. The van der Waals surface area contributed by atoms with Crippen molar-refractivity contribution in [2.45, 2.75) is 50.9 Å². The molecule has 10 heteroatoms. The Morgan fingerprint density at radius 2 is 2.03 bits per heavy atom. The number of fused-ring (bicyclic) bond motifs is 2. The summed E-state index contributed by atoms with van der Waals surface area (Å²) < 4.78 is 7.39. The molecular formula is C24H30Cl2N6O2. The van der Waals surface area contributed by atoms with Gasteiger partial charge >= 0.3 is 0 Å². The quantitative estimate of drug-likeness (QED) is 0.553. The van der Waals surface area contributed by atoms with E-state index in [1.54, 1.807) is 4.68 Å². The van der Waals surface area contributed by atoms with Crippen molar-refractivity contribution in [3.63, 3.8) is 0 Å². The summed E-state index contributed by atoms with van der Waals surface area (Å²) in [5.74, 6) is 1.89. The average Bonchev–Trinajstić information content (AvgIpc) is 3.14. The van der Waals surface area contributed by atoms with Crippen molar-refractivity contribution in [2.24, 2.45) is 5.92 Å². The monoisotopic (exact) mass is 504 g/mol.